The quantitative estimate of drug-likeness (QED) is 0.749. The first-order valence-corrected chi connectivity index (χ1v) is 5.63. The van der Waals surface area contributed by atoms with Crippen LogP contribution >= 0.6 is 0 Å². The van der Waals surface area contributed by atoms with Crippen molar-refractivity contribution in [3.8, 4) is 0 Å². The molecule has 0 radical (unpaired) electrons. The second-order valence-electron chi connectivity index (χ2n) is 3.71. The molecule has 1 aromatic rings. The van der Waals surface area contributed by atoms with Gasteiger partial charge in [0.2, 0.25) is 0 Å². The minimum absolute atomic E-state index is 0.225. The molecule has 0 spiro atoms. The number of hydrogen-bond donors (Lipinski definition) is 1. The van der Waals surface area contributed by atoms with E-state index in [1.165, 1.54) is 12.7 Å². The molecule has 0 aromatic heterocycles. The maximum atomic E-state index is 11.1. The van der Waals surface area contributed by atoms with Crippen molar-refractivity contribution in [2.24, 2.45) is 0 Å². The molecule has 1 aromatic carbocycles. The molecule has 16 heavy (non-hydrogen) atoms. The topological polar surface area (TPSA) is 38.3 Å². The van der Waals surface area contributed by atoms with Crippen LogP contribution in [0, 0.1) is 0 Å². The molecule has 0 heterocycles. The van der Waals surface area contributed by atoms with Gasteiger partial charge in [-0.05, 0) is 12.0 Å². The van der Waals surface area contributed by atoms with Gasteiger partial charge in [-0.3, -0.25) is 4.79 Å². The molecule has 3 nitrogen and oxygen atoms in total. The number of esters is 1. The minimum atomic E-state index is -0.225. The van der Waals surface area contributed by atoms with E-state index < -0.39 is 0 Å². The van der Waals surface area contributed by atoms with Crippen LogP contribution in [0.1, 0.15) is 31.4 Å². The van der Waals surface area contributed by atoms with Crippen LogP contribution in [0.4, 0.5) is 0 Å². The van der Waals surface area contributed by atoms with Gasteiger partial charge in [0.1, 0.15) is 0 Å². The fraction of sp³-hybridized carbons (Fsp3) is 0.462. The van der Waals surface area contributed by atoms with Gasteiger partial charge in [-0.2, -0.15) is 0 Å². The first kappa shape index (κ1) is 12.7. The van der Waals surface area contributed by atoms with Gasteiger partial charge in [-0.25, -0.2) is 0 Å². The molecule has 0 aliphatic rings. The Morgan fingerprint density at radius 2 is 2.06 bits per heavy atom. The summed E-state index contributed by atoms with van der Waals surface area (Å²) in [6, 6.07) is 10.4. The van der Waals surface area contributed by atoms with Crippen LogP contribution in [0.3, 0.4) is 0 Å². The Balaban J connectivity index is 2.57. The summed E-state index contributed by atoms with van der Waals surface area (Å²) in [7, 11) is 1.40. The fourth-order valence-electron chi connectivity index (χ4n) is 1.64. The van der Waals surface area contributed by atoms with Crippen molar-refractivity contribution >= 4 is 5.97 Å². The van der Waals surface area contributed by atoms with E-state index in [1.807, 2.05) is 18.2 Å². The number of rotatable bonds is 6. The number of carbonyl (C=O) groups excluding carboxylic acids is 1. The van der Waals surface area contributed by atoms with E-state index in [0.717, 1.165) is 12.8 Å². The van der Waals surface area contributed by atoms with Crippen LogP contribution in [-0.2, 0) is 9.53 Å². The Labute approximate surface area is 96.8 Å². The van der Waals surface area contributed by atoms with Crippen molar-refractivity contribution in [2.45, 2.75) is 25.8 Å². The molecule has 0 fully saturated rings. The molecule has 1 rings (SSSR count). The third kappa shape index (κ3) is 4.03. The Bertz CT molecular complexity index is 311. The Hall–Kier alpha value is -1.35. The maximum Gasteiger partial charge on any atom is 0.319 e. The third-order valence-corrected chi connectivity index (χ3v) is 2.50. The van der Waals surface area contributed by atoms with Gasteiger partial charge >= 0.3 is 5.97 Å². The smallest absolute Gasteiger partial charge is 0.319 e. The first-order chi connectivity index (χ1) is 7.77. The van der Waals surface area contributed by atoms with Gasteiger partial charge in [0.25, 0.3) is 0 Å². The molecule has 0 bridgehead atoms. The van der Waals surface area contributed by atoms with Crippen LogP contribution in [-0.4, -0.2) is 19.6 Å². The van der Waals surface area contributed by atoms with Gasteiger partial charge in [0.05, 0.1) is 13.7 Å². The van der Waals surface area contributed by atoms with Gasteiger partial charge in [0, 0.05) is 6.04 Å². The van der Waals surface area contributed by atoms with E-state index in [0.29, 0.717) is 0 Å². The zero-order valence-electron chi connectivity index (χ0n) is 9.90. The molecule has 0 amide bonds. The zero-order valence-corrected chi connectivity index (χ0v) is 9.90. The average molecular weight is 221 g/mol. The summed E-state index contributed by atoms with van der Waals surface area (Å²) in [5.41, 5.74) is 1.22. The minimum Gasteiger partial charge on any atom is -0.468 e. The van der Waals surface area contributed by atoms with Crippen LogP contribution in [0.15, 0.2) is 30.3 Å². The van der Waals surface area contributed by atoms with Gasteiger partial charge in [0.15, 0.2) is 0 Å². The highest BCUT2D eigenvalue weighted by molar-refractivity contribution is 5.71. The lowest BCUT2D eigenvalue weighted by atomic mass is 10.0. The molecule has 1 atom stereocenters. The van der Waals surface area contributed by atoms with Crippen molar-refractivity contribution in [2.75, 3.05) is 13.7 Å². The van der Waals surface area contributed by atoms with E-state index in [9.17, 15) is 4.79 Å². The summed E-state index contributed by atoms with van der Waals surface area (Å²) < 4.78 is 4.61. The monoisotopic (exact) mass is 221 g/mol. The van der Waals surface area contributed by atoms with Crippen LogP contribution < -0.4 is 5.32 Å². The summed E-state index contributed by atoms with van der Waals surface area (Å²) in [5, 5.41) is 3.21. The van der Waals surface area contributed by atoms with Crippen molar-refractivity contribution in [3.05, 3.63) is 35.9 Å². The molecular formula is C13H19NO2. The van der Waals surface area contributed by atoms with Crippen LogP contribution in [0.5, 0.6) is 0 Å². The lowest BCUT2D eigenvalue weighted by Gasteiger charge is -2.17. The number of nitrogens with one attached hydrogen (secondary N) is 1. The Kier molecular flexibility index (Phi) is 5.57. The van der Waals surface area contributed by atoms with Crippen molar-refractivity contribution in [1.82, 2.24) is 5.32 Å². The highest BCUT2D eigenvalue weighted by Crippen LogP contribution is 2.17. The van der Waals surface area contributed by atoms with E-state index in [2.05, 4.69) is 29.1 Å². The van der Waals surface area contributed by atoms with E-state index in [-0.39, 0.29) is 18.6 Å². The highest BCUT2D eigenvalue weighted by atomic mass is 16.5. The summed E-state index contributed by atoms with van der Waals surface area (Å²) in [5.74, 6) is -0.225. The van der Waals surface area contributed by atoms with Crippen molar-refractivity contribution in [1.29, 1.82) is 0 Å². The zero-order chi connectivity index (χ0) is 11.8. The Morgan fingerprint density at radius 1 is 1.38 bits per heavy atom. The Morgan fingerprint density at radius 3 is 2.62 bits per heavy atom. The fourth-order valence-corrected chi connectivity index (χ4v) is 1.64. The highest BCUT2D eigenvalue weighted by Gasteiger charge is 2.11. The SMILES string of the molecule is CCCC(NCC(=O)OC)c1ccccc1. The average Bonchev–Trinajstić information content (AvgIpc) is 2.35. The van der Waals surface area contributed by atoms with Crippen molar-refractivity contribution in [3.63, 3.8) is 0 Å². The van der Waals surface area contributed by atoms with Crippen LogP contribution in [0.2, 0.25) is 0 Å². The molecule has 0 saturated carbocycles. The molecular weight excluding hydrogens is 202 g/mol. The summed E-state index contributed by atoms with van der Waals surface area (Å²) in [6.07, 6.45) is 2.09. The molecule has 1 unspecified atom stereocenters. The first-order valence-electron chi connectivity index (χ1n) is 5.63. The third-order valence-electron chi connectivity index (χ3n) is 2.50. The van der Waals surface area contributed by atoms with Crippen molar-refractivity contribution < 1.29 is 9.53 Å². The number of ether oxygens (including phenoxy) is 1. The maximum absolute atomic E-state index is 11.1. The molecule has 88 valence electrons. The number of benzene rings is 1. The number of methoxy groups -OCH3 is 1. The van der Waals surface area contributed by atoms with E-state index in [4.69, 9.17) is 0 Å². The van der Waals surface area contributed by atoms with Crippen LogP contribution in [0.25, 0.3) is 0 Å². The number of hydrogen-bond acceptors (Lipinski definition) is 3. The normalized spacial score (nSPS) is 12.1. The van der Waals surface area contributed by atoms with E-state index >= 15 is 0 Å². The molecule has 0 aliphatic heterocycles. The van der Waals surface area contributed by atoms with Gasteiger partial charge in [-0.1, -0.05) is 43.7 Å². The largest absolute Gasteiger partial charge is 0.468 e. The standard InChI is InChI=1S/C13H19NO2/c1-3-7-12(14-10-13(15)16-2)11-8-5-4-6-9-11/h4-6,8-9,12,14H,3,7,10H2,1-2H3. The van der Waals surface area contributed by atoms with Gasteiger partial charge < -0.3 is 10.1 Å². The summed E-state index contributed by atoms with van der Waals surface area (Å²) in [6.45, 7) is 2.39. The summed E-state index contributed by atoms with van der Waals surface area (Å²) >= 11 is 0. The van der Waals surface area contributed by atoms with E-state index in [1.54, 1.807) is 0 Å². The predicted molar refractivity (Wildman–Crippen MR) is 64.1 cm³/mol. The molecule has 0 saturated heterocycles. The predicted octanol–water partition coefficient (Wildman–Crippen LogP) is 2.29. The lowest BCUT2D eigenvalue weighted by molar-refractivity contribution is -0.139. The lowest BCUT2D eigenvalue weighted by Crippen LogP contribution is -2.28. The van der Waals surface area contributed by atoms with Gasteiger partial charge in [-0.15, -0.1) is 0 Å². The molecule has 1 N–H and O–H groups in total. The second-order valence-corrected chi connectivity index (χ2v) is 3.71. The second kappa shape index (κ2) is 7.01. The molecule has 0 aliphatic carbocycles. The molecule has 3 heteroatoms. The summed E-state index contributed by atoms with van der Waals surface area (Å²) in [4.78, 5) is 11.1. The number of carbonyl (C=O) groups is 1.